The Labute approximate surface area is 204 Å². The van der Waals surface area contributed by atoms with Crippen LogP contribution in [0.5, 0.6) is 0 Å². The summed E-state index contributed by atoms with van der Waals surface area (Å²) < 4.78 is 13.1. The minimum atomic E-state index is -0.595. The summed E-state index contributed by atoms with van der Waals surface area (Å²) in [6.45, 7) is 12.8. The molecule has 0 saturated heterocycles. The monoisotopic (exact) mass is 474 g/mol. The van der Waals surface area contributed by atoms with Gasteiger partial charge in [0.1, 0.15) is 5.82 Å². The third kappa shape index (κ3) is 6.18. The van der Waals surface area contributed by atoms with Gasteiger partial charge in [-0.25, -0.2) is 4.39 Å². The second-order valence-corrected chi connectivity index (χ2v) is 12.3. The van der Waals surface area contributed by atoms with E-state index in [2.05, 4.69) is 45.3 Å². The van der Waals surface area contributed by atoms with Crippen molar-refractivity contribution in [2.75, 3.05) is 0 Å². The Morgan fingerprint density at radius 1 is 1.18 bits per heavy atom. The number of aliphatic hydroxyl groups excluding tert-OH is 1. The van der Waals surface area contributed by atoms with Crippen molar-refractivity contribution in [2.24, 2.45) is 34.5 Å². The van der Waals surface area contributed by atoms with E-state index < -0.39 is 6.10 Å². The molecule has 2 saturated carbocycles. The molecule has 3 N–H and O–H groups in total. The Kier molecular flexibility index (Phi) is 8.11. The van der Waals surface area contributed by atoms with Gasteiger partial charge in [-0.2, -0.15) is 0 Å². The Hall–Kier alpha value is -1.95. The van der Waals surface area contributed by atoms with Crippen molar-refractivity contribution in [1.82, 2.24) is 10.6 Å². The Morgan fingerprint density at radius 2 is 1.79 bits per heavy atom. The van der Waals surface area contributed by atoms with E-state index in [9.17, 15) is 19.1 Å². The second kappa shape index (κ2) is 10.3. The summed E-state index contributed by atoms with van der Waals surface area (Å²) in [5.41, 5.74) is 0.793. The average molecular weight is 475 g/mol. The van der Waals surface area contributed by atoms with Crippen LogP contribution in [0.2, 0.25) is 0 Å². The lowest BCUT2D eigenvalue weighted by atomic mass is 9.51. The molecule has 7 atom stereocenters. The highest BCUT2D eigenvalue weighted by molar-refractivity contribution is 5.78. The summed E-state index contributed by atoms with van der Waals surface area (Å²) in [5, 5.41) is 17.7. The molecule has 6 heteroatoms. The number of aliphatic hydroxyl groups is 1. The van der Waals surface area contributed by atoms with Gasteiger partial charge in [0.05, 0.1) is 6.10 Å². The molecule has 1 aromatic carbocycles. The number of rotatable bonds is 6. The number of benzene rings is 1. The summed E-state index contributed by atoms with van der Waals surface area (Å²) in [4.78, 5) is 25.6. The zero-order chi connectivity index (χ0) is 25.3. The first-order chi connectivity index (χ1) is 15.8. The fourth-order valence-corrected chi connectivity index (χ4v) is 6.38. The van der Waals surface area contributed by atoms with Crippen molar-refractivity contribution in [3.63, 3.8) is 0 Å². The van der Waals surface area contributed by atoms with Crippen molar-refractivity contribution in [3.05, 3.63) is 35.6 Å². The van der Waals surface area contributed by atoms with Crippen LogP contribution in [0.15, 0.2) is 24.3 Å². The minimum Gasteiger partial charge on any atom is -0.392 e. The third-order valence-corrected chi connectivity index (χ3v) is 8.36. The number of fused-ring (bicyclic) bond motifs is 1. The quantitative estimate of drug-likeness (QED) is 0.553. The Bertz CT molecular complexity index is 865. The smallest absolute Gasteiger partial charge is 0.223 e. The maximum Gasteiger partial charge on any atom is 0.223 e. The lowest BCUT2D eigenvalue weighted by Gasteiger charge is -2.56. The Balaban J connectivity index is 1.65. The minimum absolute atomic E-state index is 0.0187. The lowest BCUT2D eigenvalue weighted by molar-refractivity contribution is -0.144. The van der Waals surface area contributed by atoms with Crippen LogP contribution < -0.4 is 10.6 Å². The molecule has 34 heavy (non-hydrogen) atoms. The molecule has 2 amide bonds. The molecule has 0 heterocycles. The van der Waals surface area contributed by atoms with Gasteiger partial charge in [-0.1, -0.05) is 53.7 Å². The van der Waals surface area contributed by atoms with Gasteiger partial charge in [0.2, 0.25) is 11.8 Å². The lowest BCUT2D eigenvalue weighted by Crippen LogP contribution is -2.58. The first-order valence-corrected chi connectivity index (χ1v) is 12.8. The highest BCUT2D eigenvalue weighted by atomic mass is 19.1. The molecule has 0 unspecified atom stereocenters. The first kappa shape index (κ1) is 26.7. The second-order valence-electron chi connectivity index (χ2n) is 12.3. The van der Waals surface area contributed by atoms with Crippen LogP contribution in [0.4, 0.5) is 4.39 Å². The predicted molar refractivity (Wildman–Crippen MR) is 132 cm³/mol. The van der Waals surface area contributed by atoms with Crippen molar-refractivity contribution in [2.45, 2.75) is 92.3 Å². The molecule has 190 valence electrons. The van der Waals surface area contributed by atoms with Crippen LogP contribution in [0.1, 0.15) is 79.2 Å². The summed E-state index contributed by atoms with van der Waals surface area (Å²) in [5.74, 6) is -0.604. The molecule has 2 aliphatic carbocycles. The van der Waals surface area contributed by atoms with E-state index in [1.807, 2.05) is 6.92 Å². The fourth-order valence-electron chi connectivity index (χ4n) is 6.38. The van der Waals surface area contributed by atoms with Crippen LogP contribution in [0.25, 0.3) is 0 Å². The summed E-state index contributed by atoms with van der Waals surface area (Å²) in [7, 11) is 0. The molecule has 0 bridgehead atoms. The molecule has 0 radical (unpaired) electrons. The van der Waals surface area contributed by atoms with E-state index in [1.54, 1.807) is 12.1 Å². The number of hydrogen-bond donors (Lipinski definition) is 3. The predicted octanol–water partition coefficient (Wildman–Crippen LogP) is 4.82. The molecule has 3 rings (SSSR count). The number of hydrogen-bond acceptors (Lipinski definition) is 3. The van der Waals surface area contributed by atoms with E-state index in [1.165, 1.54) is 12.1 Å². The number of carbonyl (C=O) groups is 2. The molecule has 5 nitrogen and oxygen atoms in total. The number of halogens is 1. The highest BCUT2D eigenvalue weighted by Crippen LogP contribution is 2.55. The van der Waals surface area contributed by atoms with Gasteiger partial charge < -0.3 is 15.7 Å². The van der Waals surface area contributed by atoms with Gasteiger partial charge in [0.15, 0.2) is 0 Å². The average Bonchev–Trinajstić information content (AvgIpc) is 2.73. The molecular formula is C28H43FN2O3. The maximum atomic E-state index is 13.1. The van der Waals surface area contributed by atoms with Crippen molar-refractivity contribution in [3.8, 4) is 0 Å². The van der Waals surface area contributed by atoms with Crippen LogP contribution in [0.3, 0.4) is 0 Å². The van der Waals surface area contributed by atoms with Gasteiger partial charge in [-0.05, 0) is 72.0 Å². The van der Waals surface area contributed by atoms with Crippen LogP contribution in [-0.2, 0) is 16.1 Å². The summed E-state index contributed by atoms with van der Waals surface area (Å²) in [6, 6.07) is 6.15. The van der Waals surface area contributed by atoms with Crippen molar-refractivity contribution >= 4 is 11.8 Å². The normalized spacial score (nSPS) is 32.4. The van der Waals surface area contributed by atoms with Gasteiger partial charge in [0.25, 0.3) is 0 Å². The fraction of sp³-hybridized carbons (Fsp3) is 0.714. The first-order valence-electron chi connectivity index (χ1n) is 12.8. The molecule has 1 aromatic rings. The van der Waals surface area contributed by atoms with E-state index in [4.69, 9.17) is 0 Å². The van der Waals surface area contributed by atoms with E-state index in [-0.39, 0.29) is 58.2 Å². The Morgan fingerprint density at radius 3 is 2.41 bits per heavy atom. The van der Waals surface area contributed by atoms with Crippen molar-refractivity contribution in [1.29, 1.82) is 0 Å². The van der Waals surface area contributed by atoms with Crippen LogP contribution >= 0.6 is 0 Å². The van der Waals surface area contributed by atoms with E-state index in [0.29, 0.717) is 13.0 Å². The molecule has 0 aromatic heterocycles. The van der Waals surface area contributed by atoms with E-state index in [0.717, 1.165) is 31.2 Å². The standard InChI is InChI=1S/C28H43FN2O3/c1-17(26(34)30-16-19-7-9-20(29)10-8-19)21-11-13-28(6)14-12-22(18(2)24(28)25(21)33)31-23(32)15-27(3,4)5/h7-10,17-18,21-22,24-25,33H,11-16H2,1-6H3,(H,30,34)(H,31,32)/t17-,18+,21-,22-,24+,25-,28-/m0/s1. The number of amides is 2. The highest BCUT2D eigenvalue weighted by Gasteiger charge is 2.53. The number of carbonyl (C=O) groups excluding carboxylic acids is 2. The zero-order valence-electron chi connectivity index (χ0n) is 21.7. The molecule has 0 aliphatic heterocycles. The third-order valence-electron chi connectivity index (χ3n) is 8.36. The largest absolute Gasteiger partial charge is 0.392 e. The molecular weight excluding hydrogens is 431 g/mol. The van der Waals surface area contributed by atoms with Gasteiger partial charge in [0, 0.05) is 24.9 Å². The zero-order valence-corrected chi connectivity index (χ0v) is 21.7. The van der Waals surface area contributed by atoms with Crippen LogP contribution in [-0.4, -0.2) is 29.1 Å². The van der Waals surface area contributed by atoms with Gasteiger partial charge >= 0.3 is 0 Å². The summed E-state index contributed by atoms with van der Waals surface area (Å²) in [6.07, 6.45) is 3.57. The molecule has 2 fully saturated rings. The number of nitrogens with one attached hydrogen (secondary N) is 2. The molecule has 2 aliphatic rings. The van der Waals surface area contributed by atoms with Crippen molar-refractivity contribution < 1.29 is 19.1 Å². The van der Waals surface area contributed by atoms with Gasteiger partial charge in [-0.3, -0.25) is 9.59 Å². The van der Waals surface area contributed by atoms with E-state index >= 15 is 0 Å². The summed E-state index contributed by atoms with van der Waals surface area (Å²) >= 11 is 0. The molecule has 0 spiro atoms. The van der Waals surface area contributed by atoms with Crippen LogP contribution in [0, 0.1) is 40.3 Å². The SMILES string of the molecule is C[C@H]1[C@@H]2[C@@H](O)[C@H]([C@H](C)C(=O)NCc3ccc(F)cc3)CC[C@@]2(C)CC[C@@H]1NC(=O)CC(C)(C)C. The maximum absolute atomic E-state index is 13.1. The van der Waals surface area contributed by atoms with Gasteiger partial charge in [-0.15, -0.1) is 0 Å². The topological polar surface area (TPSA) is 78.4 Å².